The quantitative estimate of drug-likeness (QED) is 0.885. The number of aromatic nitrogens is 1. The Morgan fingerprint density at radius 1 is 1.00 bits per heavy atom. The molecule has 0 atom stereocenters. The highest BCUT2D eigenvalue weighted by atomic mass is 19.4. The van der Waals surface area contributed by atoms with Crippen LogP contribution >= 0.6 is 0 Å². The summed E-state index contributed by atoms with van der Waals surface area (Å²) in [5, 5.41) is 0. The van der Waals surface area contributed by atoms with Gasteiger partial charge in [-0.15, -0.1) is 0 Å². The zero-order valence-corrected chi connectivity index (χ0v) is 9.95. The Morgan fingerprint density at radius 2 is 1.68 bits per heavy atom. The van der Waals surface area contributed by atoms with Gasteiger partial charge in [-0.3, -0.25) is 0 Å². The topological polar surface area (TPSA) is 25.0 Å². The first kappa shape index (κ1) is 13.3. The van der Waals surface area contributed by atoms with E-state index in [1.165, 1.54) is 12.1 Å². The van der Waals surface area contributed by atoms with E-state index in [1.807, 2.05) is 30.6 Å². The monoisotopic (exact) mass is 267 g/mol. The molecule has 19 heavy (non-hydrogen) atoms. The first-order chi connectivity index (χ1) is 9.03. The lowest BCUT2D eigenvalue weighted by atomic mass is 10.2. The molecule has 0 unspecified atom stereocenters. The van der Waals surface area contributed by atoms with E-state index in [1.54, 1.807) is 12.1 Å². The van der Waals surface area contributed by atoms with Crippen LogP contribution in [-0.2, 0) is 0 Å². The molecule has 100 valence electrons. The van der Waals surface area contributed by atoms with E-state index < -0.39 is 12.8 Å². The Balaban J connectivity index is 1.95. The number of hydrogen-bond acceptors (Lipinski definition) is 1. The number of nitrogens with one attached hydrogen (secondary N) is 1. The van der Waals surface area contributed by atoms with Gasteiger partial charge in [0.1, 0.15) is 5.75 Å². The van der Waals surface area contributed by atoms with Gasteiger partial charge in [0.2, 0.25) is 0 Å². The fourth-order valence-corrected chi connectivity index (χ4v) is 1.47. The van der Waals surface area contributed by atoms with Crippen molar-refractivity contribution >= 4 is 12.2 Å². The molecule has 0 bridgehead atoms. The lowest BCUT2D eigenvalue weighted by molar-refractivity contribution is -0.153. The Kier molecular flexibility index (Phi) is 3.94. The maximum Gasteiger partial charge on any atom is 0.422 e. The van der Waals surface area contributed by atoms with Crippen molar-refractivity contribution in [3.05, 3.63) is 53.9 Å². The largest absolute Gasteiger partial charge is 0.484 e. The number of rotatable bonds is 4. The van der Waals surface area contributed by atoms with Crippen LogP contribution in [0.1, 0.15) is 11.1 Å². The SMILES string of the molecule is FC(F)(F)COc1ccc(/C=C/c2cc[nH]c2)cc1. The van der Waals surface area contributed by atoms with Crippen LogP contribution in [0.5, 0.6) is 5.75 Å². The maximum absolute atomic E-state index is 12.0. The molecular weight excluding hydrogens is 255 g/mol. The summed E-state index contributed by atoms with van der Waals surface area (Å²) in [5.74, 6) is 0.205. The van der Waals surface area contributed by atoms with Gasteiger partial charge in [0.05, 0.1) is 0 Å². The van der Waals surface area contributed by atoms with E-state index in [-0.39, 0.29) is 5.75 Å². The van der Waals surface area contributed by atoms with Crippen LogP contribution in [0.4, 0.5) is 13.2 Å². The molecule has 0 aliphatic rings. The highest BCUT2D eigenvalue weighted by Crippen LogP contribution is 2.19. The van der Waals surface area contributed by atoms with Crippen LogP contribution in [0.25, 0.3) is 12.2 Å². The van der Waals surface area contributed by atoms with E-state index in [2.05, 4.69) is 9.72 Å². The van der Waals surface area contributed by atoms with Crippen LogP contribution < -0.4 is 4.74 Å². The fraction of sp³-hybridized carbons (Fsp3) is 0.143. The number of benzene rings is 1. The van der Waals surface area contributed by atoms with Gasteiger partial charge in [-0.05, 0) is 29.3 Å². The first-order valence-electron chi connectivity index (χ1n) is 5.63. The number of alkyl halides is 3. The van der Waals surface area contributed by atoms with Crippen molar-refractivity contribution in [1.82, 2.24) is 4.98 Å². The molecule has 0 amide bonds. The predicted molar refractivity (Wildman–Crippen MR) is 67.7 cm³/mol. The molecule has 2 aromatic rings. The van der Waals surface area contributed by atoms with Gasteiger partial charge in [0.25, 0.3) is 0 Å². The van der Waals surface area contributed by atoms with Crippen LogP contribution in [-0.4, -0.2) is 17.8 Å². The number of halogens is 3. The number of H-pyrrole nitrogens is 1. The van der Waals surface area contributed by atoms with Crippen molar-refractivity contribution in [2.24, 2.45) is 0 Å². The van der Waals surface area contributed by atoms with Crippen LogP contribution in [0.2, 0.25) is 0 Å². The molecule has 5 heteroatoms. The average Bonchev–Trinajstić information content (AvgIpc) is 2.87. The van der Waals surface area contributed by atoms with Crippen molar-refractivity contribution in [1.29, 1.82) is 0 Å². The Morgan fingerprint density at radius 3 is 2.26 bits per heavy atom. The molecule has 1 heterocycles. The zero-order valence-electron chi connectivity index (χ0n) is 9.95. The summed E-state index contributed by atoms with van der Waals surface area (Å²) in [7, 11) is 0. The van der Waals surface area contributed by atoms with Crippen molar-refractivity contribution in [3.63, 3.8) is 0 Å². The molecule has 0 saturated heterocycles. The van der Waals surface area contributed by atoms with Gasteiger partial charge in [0.15, 0.2) is 6.61 Å². The Labute approximate surface area is 108 Å². The lowest BCUT2D eigenvalue weighted by Crippen LogP contribution is -2.19. The molecule has 1 N–H and O–H groups in total. The van der Waals surface area contributed by atoms with Gasteiger partial charge >= 0.3 is 6.18 Å². The lowest BCUT2D eigenvalue weighted by Gasteiger charge is -2.08. The molecule has 0 fully saturated rings. The maximum atomic E-state index is 12.0. The van der Waals surface area contributed by atoms with Crippen LogP contribution in [0.3, 0.4) is 0 Å². The smallest absolute Gasteiger partial charge is 0.422 e. The summed E-state index contributed by atoms with van der Waals surface area (Å²) in [4.78, 5) is 2.93. The minimum absolute atomic E-state index is 0.205. The Bertz CT molecular complexity index is 527. The van der Waals surface area contributed by atoms with E-state index in [4.69, 9.17) is 0 Å². The molecule has 0 radical (unpaired) electrons. The number of aromatic amines is 1. The predicted octanol–water partition coefficient (Wildman–Crippen LogP) is 4.13. The minimum atomic E-state index is -4.31. The molecule has 2 nitrogen and oxygen atoms in total. The first-order valence-corrected chi connectivity index (χ1v) is 5.63. The summed E-state index contributed by atoms with van der Waals surface area (Å²) in [5.41, 5.74) is 1.91. The van der Waals surface area contributed by atoms with E-state index >= 15 is 0 Å². The van der Waals surface area contributed by atoms with E-state index in [0.717, 1.165) is 11.1 Å². The molecule has 1 aromatic heterocycles. The average molecular weight is 267 g/mol. The molecular formula is C14H12F3NO. The number of ether oxygens (including phenoxy) is 1. The summed E-state index contributed by atoms with van der Waals surface area (Å²) in [6, 6.07) is 8.35. The standard InChI is InChI=1S/C14H12F3NO/c15-14(16,17)10-19-13-5-3-11(4-6-13)1-2-12-7-8-18-9-12/h1-9,18H,10H2/b2-1+. The molecule has 2 rings (SSSR count). The molecule has 0 aliphatic carbocycles. The van der Waals surface area contributed by atoms with Gasteiger partial charge < -0.3 is 9.72 Å². The Hall–Kier alpha value is -2.17. The van der Waals surface area contributed by atoms with Gasteiger partial charge in [-0.25, -0.2) is 0 Å². The van der Waals surface area contributed by atoms with Gasteiger partial charge in [0, 0.05) is 12.4 Å². The van der Waals surface area contributed by atoms with Crippen LogP contribution in [0.15, 0.2) is 42.7 Å². The van der Waals surface area contributed by atoms with Crippen molar-refractivity contribution in [2.45, 2.75) is 6.18 Å². The second-order valence-electron chi connectivity index (χ2n) is 3.95. The third kappa shape index (κ3) is 4.54. The molecule has 0 saturated carbocycles. The van der Waals surface area contributed by atoms with Crippen LogP contribution in [0, 0.1) is 0 Å². The normalized spacial score (nSPS) is 11.9. The van der Waals surface area contributed by atoms with Gasteiger partial charge in [-0.1, -0.05) is 24.3 Å². The molecule has 0 aliphatic heterocycles. The van der Waals surface area contributed by atoms with E-state index in [9.17, 15) is 13.2 Å². The highest BCUT2D eigenvalue weighted by molar-refractivity contribution is 5.69. The highest BCUT2D eigenvalue weighted by Gasteiger charge is 2.28. The summed E-state index contributed by atoms with van der Waals surface area (Å²) in [6.45, 7) is -1.27. The summed E-state index contributed by atoms with van der Waals surface area (Å²) < 4.78 is 40.5. The second-order valence-corrected chi connectivity index (χ2v) is 3.95. The molecule has 0 spiro atoms. The molecule has 1 aromatic carbocycles. The third-order valence-electron chi connectivity index (χ3n) is 2.37. The zero-order chi connectivity index (χ0) is 13.7. The van der Waals surface area contributed by atoms with Crippen molar-refractivity contribution in [2.75, 3.05) is 6.61 Å². The minimum Gasteiger partial charge on any atom is -0.484 e. The summed E-state index contributed by atoms with van der Waals surface area (Å²) in [6.07, 6.45) is 3.12. The van der Waals surface area contributed by atoms with Crippen molar-refractivity contribution in [3.8, 4) is 5.75 Å². The second kappa shape index (κ2) is 5.65. The number of hydrogen-bond donors (Lipinski definition) is 1. The van der Waals surface area contributed by atoms with Crippen molar-refractivity contribution < 1.29 is 17.9 Å². The fourth-order valence-electron chi connectivity index (χ4n) is 1.47. The summed E-state index contributed by atoms with van der Waals surface area (Å²) >= 11 is 0. The van der Waals surface area contributed by atoms with Gasteiger partial charge in [-0.2, -0.15) is 13.2 Å². The van der Waals surface area contributed by atoms with E-state index in [0.29, 0.717) is 0 Å². The third-order valence-corrected chi connectivity index (χ3v) is 2.37.